The molecule has 1 rings (SSSR count). The van der Waals surface area contributed by atoms with E-state index in [1.807, 2.05) is 0 Å². The first-order valence-electron chi connectivity index (χ1n) is 4.86. The van der Waals surface area contributed by atoms with Gasteiger partial charge in [-0.1, -0.05) is 15.9 Å². The highest BCUT2D eigenvalue weighted by molar-refractivity contribution is 9.09. The summed E-state index contributed by atoms with van der Waals surface area (Å²) < 4.78 is 11.5. The van der Waals surface area contributed by atoms with E-state index >= 15 is 0 Å². The van der Waals surface area contributed by atoms with Crippen molar-refractivity contribution in [3.63, 3.8) is 0 Å². The molecule has 13 heavy (non-hydrogen) atoms. The fourth-order valence-electron chi connectivity index (χ4n) is 1.36. The summed E-state index contributed by atoms with van der Waals surface area (Å²) in [4.78, 5) is 0.336. The molecule has 3 unspecified atom stereocenters. The van der Waals surface area contributed by atoms with Crippen LogP contribution in [-0.4, -0.2) is 22.8 Å². The molecule has 0 N–H and O–H groups in total. The molecule has 0 aliphatic carbocycles. The second-order valence-electron chi connectivity index (χ2n) is 4.64. The standard InChI is InChI=1S/C10H19BrO2/c1-7-5-6-8(11)9(12-7)13-10(2,3)4/h7-9H,5-6H2,1-4H3. The first kappa shape index (κ1) is 11.5. The van der Waals surface area contributed by atoms with Crippen LogP contribution in [0.1, 0.15) is 40.5 Å². The van der Waals surface area contributed by atoms with Gasteiger partial charge in [-0.15, -0.1) is 0 Å². The summed E-state index contributed by atoms with van der Waals surface area (Å²) in [6.45, 7) is 8.25. The Morgan fingerprint density at radius 2 is 1.92 bits per heavy atom. The highest BCUT2D eigenvalue weighted by Gasteiger charge is 2.31. The topological polar surface area (TPSA) is 18.5 Å². The molecular weight excluding hydrogens is 232 g/mol. The van der Waals surface area contributed by atoms with Crippen molar-refractivity contribution in [2.24, 2.45) is 0 Å². The quantitative estimate of drug-likeness (QED) is 0.667. The fourth-order valence-corrected chi connectivity index (χ4v) is 1.86. The lowest BCUT2D eigenvalue weighted by atomic mass is 10.1. The van der Waals surface area contributed by atoms with E-state index in [0.717, 1.165) is 12.8 Å². The summed E-state index contributed by atoms with van der Waals surface area (Å²) in [5.74, 6) is 0. The van der Waals surface area contributed by atoms with Crippen LogP contribution in [0.4, 0.5) is 0 Å². The molecule has 0 radical (unpaired) electrons. The van der Waals surface area contributed by atoms with Crippen LogP contribution in [0.15, 0.2) is 0 Å². The normalized spacial score (nSPS) is 36.2. The third kappa shape index (κ3) is 3.96. The average molecular weight is 251 g/mol. The molecule has 0 aromatic carbocycles. The number of ether oxygens (including phenoxy) is 2. The summed E-state index contributed by atoms with van der Waals surface area (Å²) in [6.07, 6.45) is 2.46. The Bertz CT molecular complexity index is 165. The van der Waals surface area contributed by atoms with Gasteiger partial charge in [0, 0.05) is 0 Å². The highest BCUT2D eigenvalue weighted by atomic mass is 79.9. The largest absolute Gasteiger partial charge is 0.348 e. The van der Waals surface area contributed by atoms with E-state index in [-0.39, 0.29) is 11.9 Å². The summed E-state index contributed by atoms with van der Waals surface area (Å²) in [5.41, 5.74) is -0.131. The van der Waals surface area contributed by atoms with Gasteiger partial charge in [0.05, 0.1) is 16.5 Å². The van der Waals surface area contributed by atoms with Gasteiger partial charge in [0.15, 0.2) is 6.29 Å². The molecule has 2 nitrogen and oxygen atoms in total. The summed E-state index contributed by atoms with van der Waals surface area (Å²) >= 11 is 3.58. The third-order valence-electron chi connectivity index (χ3n) is 1.98. The number of halogens is 1. The average Bonchev–Trinajstić information content (AvgIpc) is 1.94. The Morgan fingerprint density at radius 1 is 1.31 bits per heavy atom. The molecule has 78 valence electrons. The van der Waals surface area contributed by atoms with E-state index in [9.17, 15) is 0 Å². The minimum absolute atomic E-state index is 0.0938. The molecule has 0 amide bonds. The summed E-state index contributed by atoms with van der Waals surface area (Å²) in [6, 6.07) is 0. The molecule has 1 fully saturated rings. The minimum atomic E-state index is -0.131. The maximum Gasteiger partial charge on any atom is 0.171 e. The van der Waals surface area contributed by atoms with Crippen molar-refractivity contribution in [3.8, 4) is 0 Å². The molecule has 0 aromatic heterocycles. The van der Waals surface area contributed by atoms with Crippen molar-refractivity contribution in [2.75, 3.05) is 0 Å². The molecule has 1 aliphatic rings. The maximum atomic E-state index is 5.79. The monoisotopic (exact) mass is 250 g/mol. The number of alkyl halides is 1. The van der Waals surface area contributed by atoms with Gasteiger partial charge in [0.1, 0.15) is 0 Å². The summed E-state index contributed by atoms with van der Waals surface area (Å²) in [7, 11) is 0. The van der Waals surface area contributed by atoms with Crippen molar-refractivity contribution in [1.29, 1.82) is 0 Å². The van der Waals surface area contributed by atoms with Crippen LogP contribution < -0.4 is 0 Å². The lowest BCUT2D eigenvalue weighted by Crippen LogP contribution is -2.41. The van der Waals surface area contributed by atoms with E-state index in [2.05, 4.69) is 43.6 Å². The van der Waals surface area contributed by atoms with Gasteiger partial charge in [0.25, 0.3) is 0 Å². The van der Waals surface area contributed by atoms with Crippen LogP contribution in [0, 0.1) is 0 Å². The third-order valence-corrected chi connectivity index (χ3v) is 2.87. The first-order valence-corrected chi connectivity index (χ1v) is 5.77. The molecule has 0 spiro atoms. The Hall–Kier alpha value is 0.400. The lowest BCUT2D eigenvalue weighted by Gasteiger charge is -2.36. The Balaban J connectivity index is 2.47. The number of hydrogen-bond acceptors (Lipinski definition) is 2. The Kier molecular flexibility index (Phi) is 3.78. The van der Waals surface area contributed by atoms with Gasteiger partial charge in [-0.3, -0.25) is 0 Å². The molecule has 0 bridgehead atoms. The fraction of sp³-hybridized carbons (Fsp3) is 1.00. The maximum absolute atomic E-state index is 5.79. The minimum Gasteiger partial charge on any atom is -0.348 e. The zero-order valence-electron chi connectivity index (χ0n) is 8.84. The van der Waals surface area contributed by atoms with Crippen LogP contribution in [-0.2, 0) is 9.47 Å². The van der Waals surface area contributed by atoms with Crippen LogP contribution in [0.2, 0.25) is 0 Å². The molecule has 3 heteroatoms. The Labute approximate surface area is 89.1 Å². The van der Waals surface area contributed by atoms with E-state index in [1.54, 1.807) is 0 Å². The van der Waals surface area contributed by atoms with E-state index in [4.69, 9.17) is 9.47 Å². The van der Waals surface area contributed by atoms with E-state index < -0.39 is 0 Å². The van der Waals surface area contributed by atoms with Gasteiger partial charge in [-0.2, -0.15) is 0 Å². The highest BCUT2D eigenvalue weighted by Crippen LogP contribution is 2.28. The Morgan fingerprint density at radius 3 is 2.46 bits per heavy atom. The summed E-state index contributed by atoms with van der Waals surface area (Å²) in [5, 5.41) is 0. The number of rotatable bonds is 1. The first-order chi connectivity index (χ1) is 5.88. The molecule has 0 aromatic rings. The molecule has 1 saturated heterocycles. The van der Waals surface area contributed by atoms with Crippen LogP contribution in [0.25, 0.3) is 0 Å². The predicted molar refractivity (Wildman–Crippen MR) is 57.1 cm³/mol. The molecule has 3 atom stereocenters. The van der Waals surface area contributed by atoms with Gasteiger partial charge >= 0.3 is 0 Å². The second-order valence-corrected chi connectivity index (χ2v) is 5.81. The lowest BCUT2D eigenvalue weighted by molar-refractivity contribution is -0.225. The zero-order valence-corrected chi connectivity index (χ0v) is 10.4. The second kappa shape index (κ2) is 4.28. The van der Waals surface area contributed by atoms with Crippen molar-refractivity contribution in [2.45, 2.75) is 63.4 Å². The molecular formula is C10H19BrO2. The van der Waals surface area contributed by atoms with Crippen LogP contribution in [0.3, 0.4) is 0 Å². The molecule has 1 aliphatic heterocycles. The van der Waals surface area contributed by atoms with E-state index in [0.29, 0.717) is 10.9 Å². The van der Waals surface area contributed by atoms with Crippen molar-refractivity contribution in [1.82, 2.24) is 0 Å². The smallest absolute Gasteiger partial charge is 0.171 e. The van der Waals surface area contributed by atoms with Gasteiger partial charge in [-0.05, 0) is 40.5 Å². The van der Waals surface area contributed by atoms with Crippen LogP contribution in [0.5, 0.6) is 0 Å². The van der Waals surface area contributed by atoms with E-state index in [1.165, 1.54) is 0 Å². The van der Waals surface area contributed by atoms with Gasteiger partial charge < -0.3 is 9.47 Å². The molecule has 0 saturated carbocycles. The zero-order chi connectivity index (χ0) is 10.1. The van der Waals surface area contributed by atoms with Gasteiger partial charge in [0.2, 0.25) is 0 Å². The van der Waals surface area contributed by atoms with Crippen molar-refractivity contribution < 1.29 is 9.47 Å². The predicted octanol–water partition coefficient (Wildman–Crippen LogP) is 3.09. The van der Waals surface area contributed by atoms with Gasteiger partial charge in [-0.25, -0.2) is 0 Å². The SMILES string of the molecule is CC1CCC(Br)C(OC(C)(C)C)O1. The van der Waals surface area contributed by atoms with Crippen molar-refractivity contribution in [3.05, 3.63) is 0 Å². The van der Waals surface area contributed by atoms with Crippen LogP contribution >= 0.6 is 15.9 Å². The number of hydrogen-bond donors (Lipinski definition) is 0. The molecule has 1 heterocycles. The van der Waals surface area contributed by atoms with Crippen molar-refractivity contribution >= 4 is 15.9 Å².